The van der Waals surface area contributed by atoms with Gasteiger partial charge in [0.15, 0.2) is 0 Å². The minimum Gasteiger partial charge on any atom is -0.774 e. The molecule has 0 aromatic heterocycles. The van der Waals surface area contributed by atoms with Crippen molar-refractivity contribution in [2.75, 3.05) is 14.2 Å². The number of carbonyl (C=O) groups is 2. The average molecular weight is 385 g/mol. The van der Waals surface area contributed by atoms with E-state index in [1.165, 1.54) is 0 Å². The van der Waals surface area contributed by atoms with E-state index in [4.69, 9.17) is 0 Å². The van der Waals surface area contributed by atoms with Crippen LogP contribution in [0.25, 0.3) is 0 Å². The number of carbonyl (C=O) groups excluding carboxylic acids is 2. The second-order valence-corrected chi connectivity index (χ2v) is 3.61. The summed E-state index contributed by atoms with van der Waals surface area (Å²) in [6.07, 6.45) is 12.0. The van der Waals surface area contributed by atoms with Crippen LogP contribution in [0.5, 0.6) is 0 Å². The van der Waals surface area contributed by atoms with Gasteiger partial charge in [-0.15, -0.1) is 9.81 Å². The molecular formula is C12H12O4RuS2. The summed E-state index contributed by atoms with van der Waals surface area (Å²) >= 11 is 9.05. The van der Waals surface area contributed by atoms with Crippen LogP contribution >= 0.6 is 0 Å². The van der Waals surface area contributed by atoms with Crippen molar-refractivity contribution in [3.63, 3.8) is 0 Å². The van der Waals surface area contributed by atoms with Gasteiger partial charge in [-0.25, -0.2) is 9.59 Å². The molecule has 104 valence electrons. The number of ether oxygens (including phenoxy) is 2. The third kappa shape index (κ3) is 9.30. The molecule has 0 spiro atoms. The fourth-order valence-electron chi connectivity index (χ4n) is 0.756. The first-order chi connectivity index (χ1) is 8.54. The van der Waals surface area contributed by atoms with Gasteiger partial charge in [0.25, 0.3) is 0 Å². The van der Waals surface area contributed by atoms with Gasteiger partial charge in [-0.3, -0.25) is 0 Å². The molecule has 0 bridgehead atoms. The third-order valence-electron chi connectivity index (χ3n) is 1.61. The van der Waals surface area contributed by atoms with Gasteiger partial charge in [-0.2, -0.15) is 0 Å². The minimum atomic E-state index is -0.805. The molecule has 1 fully saturated rings. The van der Waals surface area contributed by atoms with E-state index in [9.17, 15) is 9.59 Å². The predicted octanol–water partition coefficient (Wildman–Crippen LogP) is 0.861. The smallest absolute Gasteiger partial charge is 0.774 e. The summed E-state index contributed by atoms with van der Waals surface area (Å²) < 4.78 is 8.50. The quantitative estimate of drug-likeness (QED) is 0.304. The van der Waals surface area contributed by atoms with Gasteiger partial charge >= 0.3 is 31.4 Å². The van der Waals surface area contributed by atoms with Gasteiger partial charge < -0.3 is 34.7 Å². The van der Waals surface area contributed by atoms with Crippen molar-refractivity contribution in [3.8, 4) is 0 Å². The molecule has 1 saturated carbocycles. The molecule has 1 aliphatic rings. The first kappa shape index (κ1) is 21.0. The molecule has 0 N–H and O–H groups in total. The van der Waals surface area contributed by atoms with Gasteiger partial charge in [-0.1, -0.05) is 0 Å². The summed E-state index contributed by atoms with van der Waals surface area (Å²) in [4.78, 5) is 20.8. The van der Waals surface area contributed by atoms with Crippen LogP contribution in [0.2, 0.25) is 0 Å². The SMILES string of the molecule is COC(=O)/C([S-])=C(\[S-])C(=O)OC.[CH]1[CH][CH][CH][CH][CH]1.[Ru+2]. The molecule has 0 unspecified atom stereocenters. The van der Waals surface area contributed by atoms with Crippen LogP contribution in [0.3, 0.4) is 0 Å². The Balaban J connectivity index is 0. The molecule has 1 rings (SSSR count). The van der Waals surface area contributed by atoms with Crippen LogP contribution in [0.1, 0.15) is 0 Å². The zero-order valence-electron chi connectivity index (χ0n) is 10.3. The van der Waals surface area contributed by atoms with Crippen LogP contribution in [-0.2, 0) is 63.8 Å². The Morgan fingerprint density at radius 2 is 0.947 bits per heavy atom. The van der Waals surface area contributed by atoms with Crippen LogP contribution in [-0.4, -0.2) is 26.2 Å². The zero-order chi connectivity index (χ0) is 14.0. The van der Waals surface area contributed by atoms with E-state index in [-0.39, 0.29) is 29.3 Å². The minimum absolute atomic E-state index is 0. The van der Waals surface area contributed by atoms with Gasteiger partial charge in [-0.05, 0) is 38.5 Å². The molecule has 6 radical (unpaired) electrons. The first-order valence-corrected chi connectivity index (χ1v) is 5.61. The fourth-order valence-corrected chi connectivity index (χ4v) is 1.09. The van der Waals surface area contributed by atoms with E-state index >= 15 is 0 Å². The maximum Gasteiger partial charge on any atom is 2.00 e. The molecule has 0 heterocycles. The van der Waals surface area contributed by atoms with E-state index in [1.54, 1.807) is 0 Å². The van der Waals surface area contributed by atoms with Crippen molar-refractivity contribution in [2.45, 2.75) is 0 Å². The Bertz CT molecular complexity index is 279. The number of methoxy groups -OCH3 is 2. The van der Waals surface area contributed by atoms with E-state index in [0.717, 1.165) is 14.2 Å². The molecule has 19 heavy (non-hydrogen) atoms. The Hall–Kier alpha value is -0.257. The molecule has 1 aliphatic carbocycles. The largest absolute Gasteiger partial charge is 2.00 e. The number of hydrogen-bond donors (Lipinski definition) is 0. The molecule has 0 saturated heterocycles. The van der Waals surface area contributed by atoms with E-state index in [0.29, 0.717) is 0 Å². The summed E-state index contributed by atoms with van der Waals surface area (Å²) in [5, 5.41) is 0. The molecule has 0 aliphatic heterocycles. The Morgan fingerprint density at radius 3 is 1.11 bits per heavy atom. The molecule has 0 aromatic rings. The van der Waals surface area contributed by atoms with Crippen molar-refractivity contribution in [1.82, 2.24) is 0 Å². The number of esters is 2. The van der Waals surface area contributed by atoms with Crippen LogP contribution < -0.4 is 0 Å². The topological polar surface area (TPSA) is 52.6 Å². The summed E-state index contributed by atoms with van der Waals surface area (Å²) in [5.74, 6) is -1.61. The monoisotopic (exact) mass is 386 g/mol. The maximum atomic E-state index is 10.7. The first-order valence-electron chi connectivity index (χ1n) is 4.79. The summed E-state index contributed by atoms with van der Waals surface area (Å²) in [5.41, 5.74) is 0. The van der Waals surface area contributed by atoms with E-state index < -0.39 is 11.9 Å². The molecule has 7 heteroatoms. The van der Waals surface area contributed by atoms with Crippen molar-refractivity contribution >= 4 is 37.2 Å². The van der Waals surface area contributed by atoms with E-state index in [1.807, 2.05) is 38.5 Å². The molecular weight excluding hydrogens is 373 g/mol. The second kappa shape index (κ2) is 12.8. The van der Waals surface area contributed by atoms with Crippen molar-refractivity contribution in [1.29, 1.82) is 0 Å². The normalized spacial score (nSPS) is 14.8. The zero-order valence-corrected chi connectivity index (χ0v) is 13.6. The summed E-state index contributed by atoms with van der Waals surface area (Å²) in [6, 6.07) is 0. The summed E-state index contributed by atoms with van der Waals surface area (Å²) in [7, 11) is 2.29. The van der Waals surface area contributed by atoms with Crippen molar-refractivity contribution in [2.24, 2.45) is 0 Å². The molecule has 4 nitrogen and oxygen atoms in total. The van der Waals surface area contributed by atoms with Gasteiger partial charge in [0.2, 0.25) is 0 Å². The maximum absolute atomic E-state index is 10.7. The Labute approximate surface area is 138 Å². The van der Waals surface area contributed by atoms with Gasteiger partial charge in [0.05, 0.1) is 14.2 Å². The van der Waals surface area contributed by atoms with E-state index in [2.05, 4.69) is 34.7 Å². The average Bonchev–Trinajstić information content (AvgIpc) is 2.46. The van der Waals surface area contributed by atoms with Gasteiger partial charge in [0.1, 0.15) is 0 Å². The van der Waals surface area contributed by atoms with Crippen molar-refractivity contribution < 1.29 is 38.5 Å². The third-order valence-corrected chi connectivity index (χ3v) is 2.49. The van der Waals surface area contributed by atoms with Crippen LogP contribution in [0, 0.1) is 38.5 Å². The molecule has 0 amide bonds. The second-order valence-electron chi connectivity index (χ2n) is 2.80. The molecule has 0 aromatic carbocycles. The standard InChI is InChI=1S/C6H8O4S2.C6H6.Ru/c1-9-5(7)3(11)4(12)6(8)10-2;1-2-4-6-5-3-1;/h11-12H,1-2H3;1-6H;/q;;+2/p-2/b4-3+;;. The molecule has 0 atom stereocenters. The Kier molecular flexibility index (Phi) is 14.1. The predicted molar refractivity (Wildman–Crippen MR) is 71.6 cm³/mol. The van der Waals surface area contributed by atoms with Gasteiger partial charge in [0, 0.05) is 0 Å². The number of rotatable bonds is 2. The Morgan fingerprint density at radius 1 is 0.737 bits per heavy atom. The van der Waals surface area contributed by atoms with Crippen LogP contribution in [0.4, 0.5) is 0 Å². The summed E-state index contributed by atoms with van der Waals surface area (Å²) in [6.45, 7) is 0. The van der Waals surface area contributed by atoms with Crippen LogP contribution in [0.15, 0.2) is 9.81 Å². The fraction of sp³-hybridized carbons (Fsp3) is 0.167. The number of hydrogen-bond acceptors (Lipinski definition) is 6. The van der Waals surface area contributed by atoms with Crippen molar-refractivity contribution in [3.05, 3.63) is 48.3 Å².